The number of hydrogen-bond acceptors (Lipinski definition) is 5. The van der Waals surface area contributed by atoms with Gasteiger partial charge < -0.3 is 10.5 Å². The van der Waals surface area contributed by atoms with E-state index in [-0.39, 0.29) is 5.82 Å². The van der Waals surface area contributed by atoms with Gasteiger partial charge in [0.2, 0.25) is 0 Å². The highest BCUT2D eigenvalue weighted by Gasteiger charge is 2.01. The largest absolute Gasteiger partial charge is 0.494 e. The van der Waals surface area contributed by atoms with Crippen LogP contribution in [0.3, 0.4) is 0 Å². The van der Waals surface area contributed by atoms with E-state index in [1.165, 1.54) is 12.1 Å². The molecule has 0 atom stereocenters. The Hall–Kier alpha value is -1.82. The van der Waals surface area contributed by atoms with Crippen molar-refractivity contribution in [2.24, 2.45) is 0 Å². The van der Waals surface area contributed by atoms with Gasteiger partial charge in [-0.15, -0.1) is 0 Å². The van der Waals surface area contributed by atoms with E-state index in [0.29, 0.717) is 23.3 Å². The van der Waals surface area contributed by atoms with Crippen molar-refractivity contribution in [3.05, 3.63) is 41.8 Å². The van der Waals surface area contributed by atoms with Crippen LogP contribution < -0.4 is 10.5 Å². The lowest BCUT2D eigenvalue weighted by Crippen LogP contribution is -2.00. The van der Waals surface area contributed by atoms with Crippen LogP contribution >= 0.6 is 11.8 Å². The van der Waals surface area contributed by atoms with Crippen molar-refractivity contribution >= 4 is 17.6 Å². The molecular weight excluding hydrogens is 277 g/mol. The van der Waals surface area contributed by atoms with Gasteiger partial charge in [0.1, 0.15) is 17.4 Å². The fourth-order valence-corrected chi connectivity index (χ4v) is 2.40. The quantitative estimate of drug-likeness (QED) is 0.504. The molecule has 2 rings (SSSR count). The highest BCUT2D eigenvalue weighted by atomic mass is 32.2. The molecule has 0 fully saturated rings. The molecule has 0 bridgehead atoms. The fraction of sp³-hybridized carbons (Fsp3) is 0.286. The Bertz CT molecular complexity index is 543. The van der Waals surface area contributed by atoms with Gasteiger partial charge in [-0.1, -0.05) is 11.8 Å². The first-order chi connectivity index (χ1) is 9.63. The average Bonchev–Trinajstić information content (AvgIpc) is 2.39. The van der Waals surface area contributed by atoms with Gasteiger partial charge >= 0.3 is 0 Å². The van der Waals surface area contributed by atoms with E-state index in [4.69, 9.17) is 10.5 Å². The lowest BCUT2D eigenvalue weighted by molar-refractivity contribution is 0.318. The van der Waals surface area contributed by atoms with E-state index < -0.39 is 0 Å². The Kier molecular flexibility index (Phi) is 5.17. The van der Waals surface area contributed by atoms with E-state index in [2.05, 4.69) is 9.97 Å². The van der Waals surface area contributed by atoms with Crippen LogP contribution in [0.15, 0.2) is 35.5 Å². The molecule has 0 radical (unpaired) electrons. The van der Waals surface area contributed by atoms with E-state index >= 15 is 0 Å². The molecule has 0 saturated heterocycles. The molecule has 6 heteroatoms. The number of nitrogen functional groups attached to an aromatic ring is 1. The van der Waals surface area contributed by atoms with Crippen molar-refractivity contribution < 1.29 is 9.13 Å². The van der Waals surface area contributed by atoms with Crippen LogP contribution in [0.25, 0.3) is 0 Å². The number of anilines is 1. The molecule has 0 spiro atoms. The summed E-state index contributed by atoms with van der Waals surface area (Å²) in [6, 6.07) is 7.74. The molecule has 20 heavy (non-hydrogen) atoms. The third-order valence-electron chi connectivity index (χ3n) is 2.46. The summed E-state index contributed by atoms with van der Waals surface area (Å²) >= 11 is 1.54. The lowest BCUT2D eigenvalue weighted by Gasteiger charge is -2.06. The molecule has 0 unspecified atom stereocenters. The Morgan fingerprint density at radius 3 is 2.70 bits per heavy atom. The first-order valence-corrected chi connectivity index (χ1v) is 7.24. The summed E-state index contributed by atoms with van der Waals surface area (Å²) in [5.74, 6) is 1.74. The monoisotopic (exact) mass is 293 g/mol. The summed E-state index contributed by atoms with van der Waals surface area (Å²) in [6.45, 7) is 2.46. The second-order valence-electron chi connectivity index (χ2n) is 4.22. The second kappa shape index (κ2) is 7.09. The summed E-state index contributed by atoms with van der Waals surface area (Å²) < 4.78 is 18.2. The first kappa shape index (κ1) is 14.6. The van der Waals surface area contributed by atoms with Gasteiger partial charge in [-0.25, -0.2) is 14.4 Å². The van der Waals surface area contributed by atoms with Gasteiger partial charge in [-0.3, -0.25) is 0 Å². The van der Waals surface area contributed by atoms with Crippen LogP contribution in [0.1, 0.15) is 12.1 Å². The Balaban J connectivity index is 1.70. The highest BCUT2D eigenvalue weighted by molar-refractivity contribution is 7.99. The van der Waals surface area contributed by atoms with Gasteiger partial charge in [-0.2, -0.15) is 0 Å². The SMILES string of the molecule is Cc1cc(N)nc(SCCCOc2ccc(F)cc2)n1. The predicted molar refractivity (Wildman–Crippen MR) is 78.4 cm³/mol. The van der Waals surface area contributed by atoms with Gasteiger partial charge in [0.25, 0.3) is 0 Å². The van der Waals surface area contributed by atoms with Crippen molar-refractivity contribution in [2.45, 2.75) is 18.5 Å². The zero-order valence-electron chi connectivity index (χ0n) is 11.2. The third kappa shape index (κ3) is 4.70. The first-order valence-electron chi connectivity index (χ1n) is 6.26. The number of rotatable bonds is 6. The fourth-order valence-electron chi connectivity index (χ4n) is 1.57. The maximum atomic E-state index is 12.7. The maximum Gasteiger partial charge on any atom is 0.189 e. The van der Waals surface area contributed by atoms with Crippen molar-refractivity contribution in [1.82, 2.24) is 9.97 Å². The van der Waals surface area contributed by atoms with Crippen LogP contribution in [-0.4, -0.2) is 22.3 Å². The van der Waals surface area contributed by atoms with Crippen molar-refractivity contribution in [3.63, 3.8) is 0 Å². The molecule has 1 aromatic carbocycles. The number of halogens is 1. The Morgan fingerprint density at radius 1 is 1.25 bits per heavy atom. The highest BCUT2D eigenvalue weighted by Crippen LogP contribution is 2.17. The molecule has 2 N–H and O–H groups in total. The number of nitrogens with zero attached hydrogens (tertiary/aromatic N) is 2. The van der Waals surface area contributed by atoms with Crippen LogP contribution in [-0.2, 0) is 0 Å². The van der Waals surface area contributed by atoms with Crippen LogP contribution in [0.4, 0.5) is 10.2 Å². The molecule has 0 saturated carbocycles. The smallest absolute Gasteiger partial charge is 0.189 e. The molecule has 0 amide bonds. The predicted octanol–water partition coefficient (Wildman–Crippen LogP) is 3.07. The minimum absolute atomic E-state index is 0.262. The van der Waals surface area contributed by atoms with Gasteiger partial charge in [0.05, 0.1) is 6.61 Å². The van der Waals surface area contributed by atoms with E-state index in [1.54, 1.807) is 30.0 Å². The summed E-state index contributed by atoms with van der Waals surface area (Å²) in [6.07, 6.45) is 0.846. The number of hydrogen-bond donors (Lipinski definition) is 1. The number of aryl methyl sites for hydroxylation is 1. The summed E-state index contributed by atoms with van der Waals surface area (Å²) in [5.41, 5.74) is 6.52. The van der Waals surface area contributed by atoms with Crippen molar-refractivity contribution in [3.8, 4) is 5.75 Å². The number of nitrogens with two attached hydrogens (primary N) is 1. The topological polar surface area (TPSA) is 61.0 Å². The van der Waals surface area contributed by atoms with Gasteiger partial charge in [0.15, 0.2) is 5.16 Å². The number of thioether (sulfide) groups is 1. The summed E-state index contributed by atoms with van der Waals surface area (Å²) in [4.78, 5) is 8.44. The standard InChI is InChI=1S/C14H16FN3OS/c1-10-9-13(16)18-14(17-10)20-8-2-7-19-12-5-3-11(15)4-6-12/h3-6,9H,2,7-8H2,1H3,(H2,16,17,18). The number of ether oxygens (including phenoxy) is 1. The van der Waals surface area contributed by atoms with Crippen molar-refractivity contribution in [2.75, 3.05) is 18.1 Å². The molecule has 106 valence electrons. The molecular formula is C14H16FN3OS. The van der Waals surface area contributed by atoms with Crippen LogP contribution in [0.5, 0.6) is 5.75 Å². The molecule has 4 nitrogen and oxygen atoms in total. The summed E-state index contributed by atoms with van der Waals surface area (Å²) in [7, 11) is 0. The Morgan fingerprint density at radius 2 is 2.00 bits per heavy atom. The van der Waals surface area contributed by atoms with Crippen molar-refractivity contribution in [1.29, 1.82) is 0 Å². The number of aromatic nitrogens is 2. The molecule has 0 aliphatic heterocycles. The normalized spacial score (nSPS) is 10.5. The third-order valence-corrected chi connectivity index (χ3v) is 3.39. The molecule has 1 heterocycles. The zero-order chi connectivity index (χ0) is 14.4. The van der Waals surface area contributed by atoms with Crippen LogP contribution in [0, 0.1) is 12.7 Å². The minimum Gasteiger partial charge on any atom is -0.494 e. The van der Waals surface area contributed by atoms with Crippen LogP contribution in [0.2, 0.25) is 0 Å². The summed E-state index contributed by atoms with van der Waals surface area (Å²) in [5, 5.41) is 0.685. The average molecular weight is 293 g/mol. The second-order valence-corrected chi connectivity index (χ2v) is 5.28. The van der Waals surface area contributed by atoms with Gasteiger partial charge in [0, 0.05) is 17.5 Å². The molecule has 0 aliphatic carbocycles. The molecule has 0 aliphatic rings. The molecule has 1 aromatic heterocycles. The number of benzene rings is 1. The van der Waals surface area contributed by atoms with Gasteiger partial charge in [-0.05, 0) is 37.6 Å². The minimum atomic E-state index is -0.262. The Labute approximate surface area is 121 Å². The zero-order valence-corrected chi connectivity index (χ0v) is 12.0. The van der Waals surface area contributed by atoms with E-state index in [0.717, 1.165) is 17.9 Å². The maximum absolute atomic E-state index is 12.7. The lowest BCUT2D eigenvalue weighted by atomic mass is 10.3. The van der Waals surface area contributed by atoms with E-state index in [1.807, 2.05) is 6.92 Å². The van der Waals surface area contributed by atoms with E-state index in [9.17, 15) is 4.39 Å². The molecule has 2 aromatic rings.